The summed E-state index contributed by atoms with van der Waals surface area (Å²) in [5, 5.41) is 11.9. The Labute approximate surface area is 114 Å². The van der Waals surface area contributed by atoms with Crippen molar-refractivity contribution in [3.8, 4) is 0 Å². The van der Waals surface area contributed by atoms with Crippen LogP contribution in [0.2, 0.25) is 0 Å². The molecule has 1 fully saturated rings. The predicted octanol–water partition coefficient (Wildman–Crippen LogP) is 0.690. The Morgan fingerprint density at radius 2 is 1.79 bits per heavy atom. The van der Waals surface area contributed by atoms with Crippen LogP contribution in [0.5, 0.6) is 0 Å². The lowest BCUT2D eigenvalue weighted by Crippen LogP contribution is -2.51. The van der Waals surface area contributed by atoms with Crippen molar-refractivity contribution in [2.75, 3.05) is 39.8 Å². The Hall–Kier alpha value is -1.30. The molecule has 2 amide bonds. The topological polar surface area (TPSA) is 72.9 Å². The molecular weight excluding hydrogens is 246 g/mol. The number of aliphatic carboxylic acids is 1. The first-order chi connectivity index (χ1) is 8.90. The van der Waals surface area contributed by atoms with Crippen LogP contribution < -0.4 is 5.32 Å². The number of carboxylic acid groups (broad SMARTS) is 1. The van der Waals surface area contributed by atoms with Crippen LogP contribution in [0.4, 0.5) is 4.79 Å². The van der Waals surface area contributed by atoms with E-state index in [1.807, 2.05) is 20.9 Å². The number of nitrogens with zero attached hydrogens (tertiary/aromatic N) is 2. The van der Waals surface area contributed by atoms with Crippen molar-refractivity contribution in [1.82, 2.24) is 15.1 Å². The molecule has 0 aromatic heterocycles. The van der Waals surface area contributed by atoms with Gasteiger partial charge < -0.3 is 20.2 Å². The Kier molecular flexibility index (Phi) is 6.08. The van der Waals surface area contributed by atoms with Crippen molar-refractivity contribution in [3.05, 3.63) is 0 Å². The van der Waals surface area contributed by atoms with Crippen molar-refractivity contribution in [2.24, 2.45) is 11.8 Å². The third-order valence-electron chi connectivity index (χ3n) is 3.40. The second-order valence-corrected chi connectivity index (χ2v) is 5.64. The second kappa shape index (κ2) is 7.33. The first-order valence-corrected chi connectivity index (χ1v) is 6.84. The van der Waals surface area contributed by atoms with Gasteiger partial charge in [-0.15, -0.1) is 0 Å². The van der Waals surface area contributed by atoms with E-state index >= 15 is 0 Å². The van der Waals surface area contributed by atoms with E-state index in [0.717, 1.165) is 13.1 Å². The minimum absolute atomic E-state index is 0.150. The molecular formula is C13H25N3O3. The quantitative estimate of drug-likeness (QED) is 0.771. The maximum atomic E-state index is 11.9. The fraction of sp³-hybridized carbons (Fsp3) is 0.846. The fourth-order valence-corrected chi connectivity index (χ4v) is 2.17. The number of likely N-dealkylation sites (N-methyl/N-ethyl adjacent to an activating group) is 1. The summed E-state index contributed by atoms with van der Waals surface area (Å²) >= 11 is 0. The van der Waals surface area contributed by atoms with Crippen LogP contribution in [-0.4, -0.2) is 66.7 Å². The van der Waals surface area contributed by atoms with Gasteiger partial charge in [-0.3, -0.25) is 4.79 Å². The zero-order valence-electron chi connectivity index (χ0n) is 12.1. The number of amides is 2. The van der Waals surface area contributed by atoms with E-state index in [-0.39, 0.29) is 12.6 Å². The smallest absolute Gasteiger partial charge is 0.317 e. The molecule has 6 heteroatoms. The van der Waals surface area contributed by atoms with Gasteiger partial charge in [0.15, 0.2) is 0 Å². The van der Waals surface area contributed by atoms with Crippen LogP contribution in [-0.2, 0) is 4.79 Å². The van der Waals surface area contributed by atoms with E-state index < -0.39 is 11.9 Å². The summed E-state index contributed by atoms with van der Waals surface area (Å²) in [6.07, 6.45) is 0.582. The highest BCUT2D eigenvalue weighted by molar-refractivity contribution is 5.76. The molecule has 1 heterocycles. The van der Waals surface area contributed by atoms with E-state index in [1.165, 1.54) is 0 Å². The zero-order chi connectivity index (χ0) is 14.4. The highest BCUT2D eigenvalue weighted by Crippen LogP contribution is 2.11. The molecule has 110 valence electrons. The van der Waals surface area contributed by atoms with E-state index in [1.54, 1.807) is 4.90 Å². The fourth-order valence-electron chi connectivity index (χ4n) is 2.17. The van der Waals surface area contributed by atoms with Crippen molar-refractivity contribution >= 4 is 12.0 Å². The van der Waals surface area contributed by atoms with Crippen molar-refractivity contribution < 1.29 is 14.7 Å². The molecule has 0 aromatic rings. The van der Waals surface area contributed by atoms with Crippen LogP contribution in [0, 0.1) is 11.8 Å². The number of carboxylic acids is 1. The normalized spacial score (nSPS) is 18.4. The Bertz CT molecular complexity index is 312. The minimum Gasteiger partial charge on any atom is -0.481 e. The van der Waals surface area contributed by atoms with E-state index in [9.17, 15) is 9.59 Å². The molecule has 0 aliphatic carbocycles. The van der Waals surface area contributed by atoms with Gasteiger partial charge in [-0.1, -0.05) is 13.8 Å². The summed E-state index contributed by atoms with van der Waals surface area (Å²) in [4.78, 5) is 26.9. The summed E-state index contributed by atoms with van der Waals surface area (Å²) in [7, 11) is 2.03. The average molecular weight is 271 g/mol. The molecule has 1 aliphatic rings. The number of hydrogen-bond acceptors (Lipinski definition) is 3. The highest BCUT2D eigenvalue weighted by atomic mass is 16.4. The number of piperazine rings is 1. The van der Waals surface area contributed by atoms with Crippen LogP contribution >= 0.6 is 0 Å². The summed E-state index contributed by atoms with van der Waals surface area (Å²) in [6, 6.07) is -0.150. The standard InChI is InChI=1S/C13H25N3O3/c1-10(2)8-11(12(17)18)9-14-13(19)16-6-4-15(3)5-7-16/h10-11H,4-9H2,1-3H3,(H,14,19)(H,17,18). The number of rotatable bonds is 5. The Morgan fingerprint density at radius 3 is 2.26 bits per heavy atom. The molecule has 1 atom stereocenters. The van der Waals surface area contributed by atoms with Crippen molar-refractivity contribution in [3.63, 3.8) is 0 Å². The molecule has 2 N–H and O–H groups in total. The number of urea groups is 1. The third kappa shape index (κ3) is 5.46. The predicted molar refractivity (Wildman–Crippen MR) is 73.0 cm³/mol. The summed E-state index contributed by atoms with van der Waals surface area (Å²) in [5.74, 6) is -1.04. The van der Waals surface area contributed by atoms with Gasteiger partial charge in [0.05, 0.1) is 5.92 Å². The molecule has 0 spiro atoms. The van der Waals surface area contributed by atoms with Gasteiger partial charge in [0.25, 0.3) is 0 Å². The molecule has 6 nitrogen and oxygen atoms in total. The lowest BCUT2D eigenvalue weighted by atomic mass is 9.97. The van der Waals surface area contributed by atoms with Gasteiger partial charge in [-0.05, 0) is 19.4 Å². The van der Waals surface area contributed by atoms with Crippen LogP contribution in [0.15, 0.2) is 0 Å². The highest BCUT2D eigenvalue weighted by Gasteiger charge is 2.23. The molecule has 19 heavy (non-hydrogen) atoms. The number of carbonyl (C=O) groups excluding carboxylic acids is 1. The maximum Gasteiger partial charge on any atom is 0.317 e. The monoisotopic (exact) mass is 271 g/mol. The van der Waals surface area contributed by atoms with Gasteiger partial charge in [0.1, 0.15) is 0 Å². The number of carbonyl (C=O) groups is 2. The van der Waals surface area contributed by atoms with Gasteiger partial charge >= 0.3 is 12.0 Å². The van der Waals surface area contributed by atoms with Gasteiger partial charge in [0, 0.05) is 32.7 Å². The minimum atomic E-state index is -0.840. The second-order valence-electron chi connectivity index (χ2n) is 5.64. The molecule has 1 rings (SSSR count). The molecule has 0 saturated carbocycles. The first kappa shape index (κ1) is 15.8. The lowest BCUT2D eigenvalue weighted by Gasteiger charge is -2.32. The Morgan fingerprint density at radius 1 is 1.21 bits per heavy atom. The van der Waals surface area contributed by atoms with Crippen LogP contribution in [0.3, 0.4) is 0 Å². The number of hydrogen-bond donors (Lipinski definition) is 2. The van der Waals surface area contributed by atoms with Crippen molar-refractivity contribution in [2.45, 2.75) is 20.3 Å². The molecule has 0 aromatic carbocycles. The molecule has 0 bridgehead atoms. The van der Waals surface area contributed by atoms with Crippen LogP contribution in [0.1, 0.15) is 20.3 Å². The average Bonchev–Trinajstić information content (AvgIpc) is 2.34. The van der Waals surface area contributed by atoms with E-state index in [4.69, 9.17) is 5.11 Å². The summed E-state index contributed by atoms with van der Waals surface area (Å²) in [5.41, 5.74) is 0. The molecule has 1 saturated heterocycles. The molecule has 0 radical (unpaired) electrons. The van der Waals surface area contributed by atoms with E-state index in [0.29, 0.717) is 25.4 Å². The lowest BCUT2D eigenvalue weighted by molar-refractivity contribution is -0.142. The van der Waals surface area contributed by atoms with E-state index in [2.05, 4.69) is 10.2 Å². The summed E-state index contributed by atoms with van der Waals surface area (Å²) < 4.78 is 0. The summed E-state index contributed by atoms with van der Waals surface area (Å²) in [6.45, 7) is 7.30. The maximum absolute atomic E-state index is 11.9. The first-order valence-electron chi connectivity index (χ1n) is 6.84. The molecule has 1 unspecified atom stereocenters. The SMILES string of the molecule is CC(C)CC(CNC(=O)N1CCN(C)CC1)C(=O)O. The van der Waals surface area contributed by atoms with Crippen LogP contribution in [0.25, 0.3) is 0 Å². The zero-order valence-corrected chi connectivity index (χ0v) is 12.1. The van der Waals surface area contributed by atoms with Crippen molar-refractivity contribution in [1.29, 1.82) is 0 Å². The number of nitrogens with one attached hydrogen (secondary N) is 1. The van der Waals surface area contributed by atoms with Gasteiger partial charge in [-0.2, -0.15) is 0 Å². The molecule has 1 aliphatic heterocycles. The Balaban J connectivity index is 2.37. The third-order valence-corrected chi connectivity index (χ3v) is 3.40. The largest absolute Gasteiger partial charge is 0.481 e. The van der Waals surface area contributed by atoms with Gasteiger partial charge in [0.2, 0.25) is 0 Å². The van der Waals surface area contributed by atoms with Gasteiger partial charge in [-0.25, -0.2) is 4.79 Å².